The third-order valence-corrected chi connectivity index (χ3v) is 8.52. The minimum Gasteiger partial charge on any atom is -0.497 e. The second-order valence-corrected chi connectivity index (χ2v) is 12.0. The van der Waals surface area contributed by atoms with Gasteiger partial charge in [0.05, 0.1) is 30.6 Å². The van der Waals surface area contributed by atoms with Crippen LogP contribution in [0.5, 0.6) is 11.5 Å². The highest BCUT2D eigenvalue weighted by atomic mass is 16.5. The van der Waals surface area contributed by atoms with Crippen LogP contribution in [-0.4, -0.2) is 36.9 Å². The first-order valence-electron chi connectivity index (χ1n) is 16.5. The highest BCUT2D eigenvalue weighted by Crippen LogP contribution is 2.25. The fourth-order valence-electron chi connectivity index (χ4n) is 6.12. The summed E-state index contributed by atoms with van der Waals surface area (Å²) in [7, 11) is 3.38. The quantitative estimate of drug-likeness (QED) is 0.114. The van der Waals surface area contributed by atoms with Gasteiger partial charge in [-0.1, -0.05) is 74.9 Å². The van der Waals surface area contributed by atoms with Crippen LogP contribution in [0.25, 0.3) is 21.8 Å². The van der Waals surface area contributed by atoms with Gasteiger partial charge < -0.3 is 19.4 Å². The second kappa shape index (κ2) is 16.1. The summed E-state index contributed by atoms with van der Waals surface area (Å²) in [6.07, 6.45) is 10.1. The third-order valence-electron chi connectivity index (χ3n) is 8.52. The molecular formula is C39H48N4O2. The summed E-state index contributed by atoms with van der Waals surface area (Å²) in [4.78, 5) is 9.69. The lowest BCUT2D eigenvalue weighted by atomic mass is 10.1. The van der Waals surface area contributed by atoms with Crippen molar-refractivity contribution in [3.63, 3.8) is 0 Å². The molecule has 6 nitrogen and oxygen atoms in total. The molecule has 1 N–H and O–H groups in total. The molecule has 0 aliphatic carbocycles. The normalized spacial score (nSPS) is 11.8. The van der Waals surface area contributed by atoms with Gasteiger partial charge in [0.15, 0.2) is 0 Å². The molecule has 0 fully saturated rings. The number of para-hydroxylation sites is 2. The highest BCUT2D eigenvalue weighted by molar-refractivity contribution is 5.91. The Morgan fingerprint density at radius 1 is 0.711 bits per heavy atom. The van der Waals surface area contributed by atoms with Crippen molar-refractivity contribution in [2.45, 2.75) is 71.8 Å². The molecule has 0 saturated heterocycles. The zero-order valence-electron chi connectivity index (χ0n) is 27.4. The summed E-state index contributed by atoms with van der Waals surface area (Å²) in [6.45, 7) is 6.85. The monoisotopic (exact) mass is 604 g/mol. The average molecular weight is 605 g/mol. The van der Waals surface area contributed by atoms with Crippen LogP contribution in [0.1, 0.15) is 68.3 Å². The number of benzene rings is 3. The molecule has 236 valence electrons. The standard InChI is InChI=1S/C39H48N4O2/c1-29-23-37(34-17-11-13-19-36(34)42-29)40-21-15-9-7-5-6-8-10-16-22-41-38-24-30(2)43(39-20-14-12-18-35(38)39)28-31-25-32(44-3)27-33(26-31)45-4/h11-14,17-20,23-27H,5-10,15-16,21-22,28H2,1-4H3,(H,40,42). The molecule has 0 aliphatic heterocycles. The largest absolute Gasteiger partial charge is 0.497 e. The van der Waals surface area contributed by atoms with Gasteiger partial charge in [0.2, 0.25) is 0 Å². The van der Waals surface area contributed by atoms with E-state index in [4.69, 9.17) is 14.5 Å². The number of aromatic nitrogens is 2. The summed E-state index contributed by atoms with van der Waals surface area (Å²) in [5.74, 6) is 1.61. The van der Waals surface area contributed by atoms with Gasteiger partial charge in [0, 0.05) is 53.5 Å². The summed E-state index contributed by atoms with van der Waals surface area (Å²) < 4.78 is 13.3. The smallest absolute Gasteiger partial charge is 0.122 e. The Balaban J connectivity index is 1.05. The van der Waals surface area contributed by atoms with E-state index >= 15 is 0 Å². The van der Waals surface area contributed by atoms with E-state index in [0.717, 1.165) is 59.7 Å². The van der Waals surface area contributed by atoms with E-state index in [2.05, 4.69) is 102 Å². The number of hydrogen-bond acceptors (Lipinski definition) is 5. The van der Waals surface area contributed by atoms with Gasteiger partial charge in [-0.15, -0.1) is 0 Å². The van der Waals surface area contributed by atoms with Crippen LogP contribution in [0, 0.1) is 13.8 Å². The van der Waals surface area contributed by atoms with Gasteiger partial charge in [-0.05, 0) is 68.7 Å². The Morgan fingerprint density at radius 3 is 2.09 bits per heavy atom. The highest BCUT2D eigenvalue weighted by Gasteiger charge is 2.09. The third kappa shape index (κ3) is 8.65. The van der Waals surface area contributed by atoms with Crippen molar-refractivity contribution >= 4 is 27.5 Å². The van der Waals surface area contributed by atoms with Crippen molar-refractivity contribution < 1.29 is 9.47 Å². The molecule has 0 amide bonds. The van der Waals surface area contributed by atoms with Gasteiger partial charge >= 0.3 is 0 Å². The van der Waals surface area contributed by atoms with Crippen molar-refractivity contribution in [1.82, 2.24) is 9.55 Å². The topological polar surface area (TPSA) is 60.7 Å². The summed E-state index contributed by atoms with van der Waals surface area (Å²) >= 11 is 0. The van der Waals surface area contributed by atoms with E-state index in [0.29, 0.717) is 0 Å². The number of rotatable bonds is 16. The predicted molar refractivity (Wildman–Crippen MR) is 188 cm³/mol. The van der Waals surface area contributed by atoms with Crippen molar-refractivity contribution in [2.75, 3.05) is 32.6 Å². The molecule has 2 heterocycles. The van der Waals surface area contributed by atoms with E-state index in [-0.39, 0.29) is 0 Å². The Bertz CT molecular complexity index is 1750. The lowest BCUT2D eigenvalue weighted by molar-refractivity contribution is 0.393. The minimum atomic E-state index is 0.734. The molecule has 6 heteroatoms. The molecule has 0 unspecified atom stereocenters. The summed E-state index contributed by atoms with van der Waals surface area (Å²) in [5, 5.41) is 7.13. The average Bonchev–Trinajstić information content (AvgIpc) is 3.06. The lowest BCUT2D eigenvalue weighted by Gasteiger charge is -2.17. The molecule has 0 bridgehead atoms. The molecule has 0 atom stereocenters. The maximum atomic E-state index is 5.50. The minimum absolute atomic E-state index is 0.734. The predicted octanol–water partition coefficient (Wildman–Crippen LogP) is 9.01. The van der Waals surface area contributed by atoms with Gasteiger partial charge in [-0.25, -0.2) is 0 Å². The molecule has 0 spiro atoms. The van der Waals surface area contributed by atoms with Crippen molar-refractivity contribution in [3.05, 3.63) is 101 Å². The van der Waals surface area contributed by atoms with E-state index < -0.39 is 0 Å². The SMILES string of the molecule is COc1cc(Cn2c(C)cc(=NCCCCCCCCCCNc3cc(C)nc4ccccc34)c3ccccc32)cc(OC)c1. The van der Waals surface area contributed by atoms with Crippen molar-refractivity contribution in [2.24, 2.45) is 4.99 Å². The van der Waals surface area contributed by atoms with Crippen LogP contribution in [0.3, 0.4) is 0 Å². The van der Waals surface area contributed by atoms with Crippen LogP contribution in [-0.2, 0) is 6.54 Å². The molecule has 5 rings (SSSR count). The first-order chi connectivity index (χ1) is 22.1. The molecule has 0 aliphatic rings. The zero-order chi connectivity index (χ0) is 31.4. The number of pyridine rings is 2. The van der Waals surface area contributed by atoms with E-state index in [9.17, 15) is 0 Å². The van der Waals surface area contributed by atoms with Gasteiger partial charge in [0.1, 0.15) is 11.5 Å². The number of methoxy groups -OCH3 is 2. The van der Waals surface area contributed by atoms with Crippen LogP contribution >= 0.6 is 0 Å². The van der Waals surface area contributed by atoms with Crippen LogP contribution in [0.2, 0.25) is 0 Å². The number of aryl methyl sites for hydroxylation is 2. The molecular weight excluding hydrogens is 556 g/mol. The van der Waals surface area contributed by atoms with Crippen LogP contribution in [0.4, 0.5) is 5.69 Å². The summed E-state index contributed by atoms with van der Waals surface area (Å²) in [6, 6.07) is 27.4. The maximum absolute atomic E-state index is 5.50. The second-order valence-electron chi connectivity index (χ2n) is 12.0. The van der Waals surface area contributed by atoms with E-state index in [1.165, 1.54) is 72.6 Å². The Kier molecular flexibility index (Phi) is 11.5. The van der Waals surface area contributed by atoms with E-state index in [1.54, 1.807) is 14.2 Å². The molecule has 0 saturated carbocycles. The van der Waals surface area contributed by atoms with Gasteiger partial charge in [-0.3, -0.25) is 9.98 Å². The molecule has 45 heavy (non-hydrogen) atoms. The van der Waals surface area contributed by atoms with Crippen LogP contribution in [0.15, 0.2) is 83.9 Å². The first kappa shape index (κ1) is 32.1. The fourth-order valence-corrected chi connectivity index (χ4v) is 6.12. The zero-order valence-corrected chi connectivity index (χ0v) is 27.4. The number of ether oxygens (including phenoxy) is 2. The Morgan fingerprint density at radius 2 is 1.36 bits per heavy atom. The Labute approximate surface area is 268 Å². The molecule has 3 aromatic carbocycles. The lowest BCUT2D eigenvalue weighted by Crippen LogP contribution is -2.14. The molecule has 2 aromatic heterocycles. The number of nitrogens with zero attached hydrogens (tertiary/aromatic N) is 3. The number of nitrogens with one attached hydrogen (secondary N) is 1. The molecule has 5 aromatic rings. The van der Waals surface area contributed by atoms with Gasteiger partial charge in [0.25, 0.3) is 0 Å². The summed E-state index contributed by atoms with van der Waals surface area (Å²) in [5.41, 5.74) is 6.85. The number of hydrogen-bond donors (Lipinski definition) is 1. The van der Waals surface area contributed by atoms with E-state index in [1.807, 2.05) is 6.07 Å². The number of unbranched alkanes of at least 4 members (excludes halogenated alkanes) is 7. The maximum Gasteiger partial charge on any atom is 0.122 e. The number of fused-ring (bicyclic) bond motifs is 2. The molecule has 0 radical (unpaired) electrons. The van der Waals surface area contributed by atoms with Crippen molar-refractivity contribution in [1.29, 1.82) is 0 Å². The Hall–Kier alpha value is -4.32. The first-order valence-corrected chi connectivity index (χ1v) is 16.5. The van der Waals surface area contributed by atoms with Crippen molar-refractivity contribution in [3.8, 4) is 11.5 Å². The van der Waals surface area contributed by atoms with Crippen LogP contribution < -0.4 is 20.1 Å². The van der Waals surface area contributed by atoms with Gasteiger partial charge in [-0.2, -0.15) is 0 Å². The number of anilines is 1. The fraction of sp³-hybridized carbons (Fsp3) is 0.385.